The summed E-state index contributed by atoms with van der Waals surface area (Å²) in [6.07, 6.45) is 0.917. The van der Waals surface area contributed by atoms with E-state index in [1.165, 1.54) is 0 Å². The zero-order valence-electron chi connectivity index (χ0n) is 11.8. The molecule has 1 aliphatic rings. The minimum atomic E-state index is -1.03. The van der Waals surface area contributed by atoms with Gasteiger partial charge in [-0.15, -0.1) is 0 Å². The number of carbonyl (C=O) groups is 1. The van der Waals surface area contributed by atoms with E-state index in [2.05, 4.69) is 4.90 Å². The summed E-state index contributed by atoms with van der Waals surface area (Å²) in [7, 11) is 0. The fourth-order valence-electron chi connectivity index (χ4n) is 2.59. The molecule has 1 aromatic carbocycles. The molecule has 1 aliphatic heterocycles. The zero-order valence-corrected chi connectivity index (χ0v) is 11.8. The molecule has 0 amide bonds. The van der Waals surface area contributed by atoms with Crippen molar-refractivity contribution in [2.45, 2.75) is 19.9 Å². The molecule has 0 saturated carbocycles. The highest BCUT2D eigenvalue weighted by atomic mass is 16.5. The lowest BCUT2D eigenvalue weighted by Crippen LogP contribution is -2.22. The Hall–Kier alpha value is -2.43. The van der Waals surface area contributed by atoms with E-state index in [1.54, 1.807) is 13.0 Å². The second kappa shape index (κ2) is 5.52. The minimum absolute atomic E-state index is 0.0179. The maximum absolute atomic E-state index is 11.1. The molecule has 3 rings (SSSR count). The number of fused-ring (bicyclic) bond motifs is 1. The van der Waals surface area contributed by atoms with Crippen LogP contribution in [0.5, 0.6) is 5.75 Å². The quantitative estimate of drug-likeness (QED) is 0.940. The van der Waals surface area contributed by atoms with Crippen LogP contribution in [0.4, 0.5) is 5.69 Å². The van der Waals surface area contributed by atoms with Crippen molar-refractivity contribution in [2.75, 3.05) is 18.1 Å². The Kier molecular flexibility index (Phi) is 3.56. The number of furan rings is 1. The van der Waals surface area contributed by atoms with Crippen molar-refractivity contribution in [1.82, 2.24) is 0 Å². The maximum Gasteiger partial charge on any atom is 0.372 e. The highest BCUT2D eigenvalue weighted by Crippen LogP contribution is 2.32. The Bertz CT molecular complexity index is 662. The van der Waals surface area contributed by atoms with E-state index in [0.29, 0.717) is 24.5 Å². The fourth-order valence-corrected chi connectivity index (χ4v) is 2.59. The number of hydrogen-bond acceptors (Lipinski definition) is 4. The largest absolute Gasteiger partial charge is 0.491 e. The van der Waals surface area contributed by atoms with E-state index in [4.69, 9.17) is 14.3 Å². The third kappa shape index (κ3) is 2.72. The first-order chi connectivity index (χ1) is 10.1. The molecule has 5 heteroatoms. The van der Waals surface area contributed by atoms with Crippen LogP contribution in [0.25, 0.3) is 0 Å². The molecule has 0 aliphatic carbocycles. The second-order valence-corrected chi connectivity index (χ2v) is 5.12. The summed E-state index contributed by atoms with van der Waals surface area (Å²) >= 11 is 0. The number of aryl methyl sites for hydroxylation is 1. The first-order valence-electron chi connectivity index (χ1n) is 6.94. The molecular formula is C16H17NO4. The van der Waals surface area contributed by atoms with Gasteiger partial charge >= 0.3 is 5.97 Å². The molecule has 5 nitrogen and oxygen atoms in total. The van der Waals surface area contributed by atoms with Crippen LogP contribution < -0.4 is 9.64 Å². The van der Waals surface area contributed by atoms with Crippen molar-refractivity contribution in [1.29, 1.82) is 0 Å². The van der Waals surface area contributed by atoms with E-state index < -0.39 is 5.97 Å². The first-order valence-corrected chi connectivity index (χ1v) is 6.94. The number of anilines is 1. The van der Waals surface area contributed by atoms with Crippen molar-refractivity contribution in [3.63, 3.8) is 0 Å². The molecule has 0 spiro atoms. The average Bonchev–Trinajstić information content (AvgIpc) is 2.71. The Labute approximate surface area is 122 Å². The number of ether oxygens (including phenoxy) is 1. The minimum Gasteiger partial charge on any atom is -0.491 e. The van der Waals surface area contributed by atoms with Crippen LogP contribution in [-0.2, 0) is 6.54 Å². The predicted octanol–water partition coefficient (Wildman–Crippen LogP) is 3.08. The van der Waals surface area contributed by atoms with E-state index in [1.807, 2.05) is 24.3 Å². The smallest absolute Gasteiger partial charge is 0.372 e. The molecule has 21 heavy (non-hydrogen) atoms. The van der Waals surface area contributed by atoms with Crippen molar-refractivity contribution < 1.29 is 19.1 Å². The Morgan fingerprint density at radius 3 is 2.95 bits per heavy atom. The van der Waals surface area contributed by atoms with Crippen LogP contribution in [0, 0.1) is 6.92 Å². The highest BCUT2D eigenvalue weighted by molar-refractivity contribution is 5.86. The molecule has 1 N–H and O–H groups in total. The predicted molar refractivity (Wildman–Crippen MR) is 78.0 cm³/mol. The van der Waals surface area contributed by atoms with Crippen molar-refractivity contribution in [3.8, 4) is 5.75 Å². The number of benzene rings is 1. The fraction of sp³-hybridized carbons (Fsp3) is 0.312. The SMILES string of the molecule is Cc1cc(CN2CCCOc3ccccc32)oc1C(=O)O. The Morgan fingerprint density at radius 1 is 1.38 bits per heavy atom. The van der Waals surface area contributed by atoms with E-state index in [9.17, 15) is 4.79 Å². The van der Waals surface area contributed by atoms with Crippen LogP contribution in [0.2, 0.25) is 0 Å². The summed E-state index contributed by atoms with van der Waals surface area (Å²) in [5.74, 6) is 0.501. The summed E-state index contributed by atoms with van der Waals surface area (Å²) in [5, 5.41) is 9.06. The van der Waals surface area contributed by atoms with Crippen LogP contribution in [0.3, 0.4) is 0 Å². The summed E-state index contributed by atoms with van der Waals surface area (Å²) < 4.78 is 11.2. The zero-order chi connectivity index (χ0) is 14.8. The van der Waals surface area contributed by atoms with E-state index in [-0.39, 0.29) is 5.76 Å². The van der Waals surface area contributed by atoms with E-state index >= 15 is 0 Å². The Balaban J connectivity index is 1.87. The van der Waals surface area contributed by atoms with Gasteiger partial charge in [0.1, 0.15) is 11.5 Å². The van der Waals surface area contributed by atoms with Gasteiger partial charge in [-0.1, -0.05) is 12.1 Å². The molecule has 0 radical (unpaired) electrons. The van der Waals surface area contributed by atoms with Crippen LogP contribution in [0.1, 0.15) is 28.3 Å². The van der Waals surface area contributed by atoms with E-state index in [0.717, 1.165) is 24.4 Å². The molecule has 0 atom stereocenters. The van der Waals surface area contributed by atoms with Crippen molar-refractivity contribution >= 4 is 11.7 Å². The molecule has 0 fully saturated rings. The lowest BCUT2D eigenvalue weighted by atomic mass is 10.2. The first kappa shape index (κ1) is 13.5. The van der Waals surface area contributed by atoms with Crippen LogP contribution in [0.15, 0.2) is 34.7 Å². The van der Waals surface area contributed by atoms with Crippen LogP contribution in [-0.4, -0.2) is 24.2 Å². The molecule has 2 heterocycles. The van der Waals surface area contributed by atoms with Gasteiger partial charge in [0.15, 0.2) is 0 Å². The van der Waals surface area contributed by atoms with Gasteiger partial charge < -0.3 is 19.2 Å². The number of carboxylic acid groups (broad SMARTS) is 1. The third-order valence-electron chi connectivity index (χ3n) is 3.55. The summed E-state index contributed by atoms with van der Waals surface area (Å²) in [5.41, 5.74) is 1.66. The second-order valence-electron chi connectivity index (χ2n) is 5.12. The topological polar surface area (TPSA) is 62.9 Å². The van der Waals surface area contributed by atoms with Gasteiger partial charge in [-0.25, -0.2) is 4.79 Å². The summed E-state index contributed by atoms with van der Waals surface area (Å²) in [6, 6.07) is 9.66. The molecule has 0 unspecified atom stereocenters. The molecule has 0 bridgehead atoms. The molecular weight excluding hydrogens is 270 g/mol. The van der Waals surface area contributed by atoms with Gasteiger partial charge in [0.25, 0.3) is 0 Å². The third-order valence-corrected chi connectivity index (χ3v) is 3.55. The lowest BCUT2D eigenvalue weighted by Gasteiger charge is -2.22. The number of carboxylic acids is 1. The van der Waals surface area contributed by atoms with Gasteiger partial charge in [0.05, 0.1) is 18.8 Å². The van der Waals surface area contributed by atoms with Gasteiger partial charge in [-0.05, 0) is 31.5 Å². The molecule has 2 aromatic rings. The number of para-hydroxylation sites is 2. The maximum atomic E-state index is 11.1. The summed E-state index contributed by atoms with van der Waals surface area (Å²) in [4.78, 5) is 13.2. The van der Waals surface area contributed by atoms with Crippen LogP contribution >= 0.6 is 0 Å². The molecule has 0 saturated heterocycles. The number of nitrogens with zero attached hydrogens (tertiary/aromatic N) is 1. The van der Waals surface area contributed by atoms with Gasteiger partial charge in [0.2, 0.25) is 5.76 Å². The Morgan fingerprint density at radius 2 is 2.19 bits per heavy atom. The lowest BCUT2D eigenvalue weighted by molar-refractivity contribution is 0.0659. The van der Waals surface area contributed by atoms with Gasteiger partial charge in [-0.3, -0.25) is 0 Å². The van der Waals surface area contributed by atoms with Gasteiger partial charge in [0, 0.05) is 12.1 Å². The van der Waals surface area contributed by atoms with Crippen molar-refractivity contribution in [2.24, 2.45) is 0 Å². The molecule has 110 valence electrons. The molecule has 1 aromatic heterocycles. The monoisotopic (exact) mass is 287 g/mol. The summed E-state index contributed by atoms with van der Waals surface area (Å²) in [6.45, 7) is 3.81. The van der Waals surface area contributed by atoms with Gasteiger partial charge in [-0.2, -0.15) is 0 Å². The average molecular weight is 287 g/mol. The highest BCUT2D eigenvalue weighted by Gasteiger charge is 2.20. The number of rotatable bonds is 3. The number of aromatic carboxylic acids is 1. The number of hydrogen-bond donors (Lipinski definition) is 1. The standard InChI is InChI=1S/C16H17NO4/c1-11-9-12(21-15(11)16(18)19)10-17-7-4-8-20-14-6-3-2-5-13(14)17/h2-3,5-6,9H,4,7-8,10H2,1H3,(H,18,19). The van der Waals surface area contributed by atoms with Crippen molar-refractivity contribution in [3.05, 3.63) is 47.4 Å². The normalized spacial score (nSPS) is 14.2.